The number of hydrogen-bond donors (Lipinski definition) is 0. The van der Waals surface area contributed by atoms with Crippen molar-refractivity contribution in [2.45, 2.75) is 13.0 Å². The van der Waals surface area contributed by atoms with Gasteiger partial charge in [0.05, 0.1) is 0 Å². The summed E-state index contributed by atoms with van der Waals surface area (Å²) in [5.41, 5.74) is 2.38. The maximum atomic E-state index is 4.35. The maximum absolute atomic E-state index is 4.35. The quantitative estimate of drug-likeness (QED) is 0.849. The number of hydrogen-bond acceptors (Lipinski definition) is 6. The van der Waals surface area contributed by atoms with E-state index in [1.807, 2.05) is 31.6 Å². The first-order chi connectivity index (χ1) is 11.3. The summed E-state index contributed by atoms with van der Waals surface area (Å²) in [5.74, 6) is 0.856. The van der Waals surface area contributed by atoms with E-state index in [9.17, 15) is 0 Å². The number of anilines is 2. The molecule has 2 fully saturated rings. The smallest absolute Gasteiger partial charge is 0.225 e. The van der Waals surface area contributed by atoms with Crippen LogP contribution in [0.2, 0.25) is 0 Å². The highest BCUT2D eigenvalue weighted by Crippen LogP contribution is 2.24. The fraction of sp³-hybridized carbons (Fsp3) is 0.471. The molecule has 0 unspecified atom stereocenters. The normalized spacial score (nSPS) is 19.7. The van der Waals surface area contributed by atoms with Gasteiger partial charge in [-0.3, -0.25) is 9.88 Å². The molecule has 0 N–H and O–H groups in total. The van der Waals surface area contributed by atoms with Gasteiger partial charge >= 0.3 is 0 Å². The maximum Gasteiger partial charge on any atom is 0.225 e. The molecule has 0 amide bonds. The minimum Gasteiger partial charge on any atom is -0.368 e. The van der Waals surface area contributed by atoms with E-state index in [1.165, 1.54) is 5.69 Å². The lowest BCUT2D eigenvalue weighted by atomic mass is 10.0. The number of aromatic nitrogens is 3. The fourth-order valence-corrected chi connectivity index (χ4v) is 3.37. The second kappa shape index (κ2) is 6.12. The molecule has 0 bridgehead atoms. The first-order valence-corrected chi connectivity index (χ1v) is 8.23. The first-order valence-electron chi connectivity index (χ1n) is 8.23. The lowest BCUT2D eigenvalue weighted by Gasteiger charge is -2.49. The zero-order valence-electron chi connectivity index (χ0n) is 13.5. The van der Waals surface area contributed by atoms with Crippen LogP contribution < -0.4 is 9.80 Å². The molecule has 0 radical (unpaired) electrons. The molecule has 0 spiro atoms. The van der Waals surface area contributed by atoms with Crippen LogP contribution in [0.1, 0.15) is 5.69 Å². The van der Waals surface area contributed by atoms with Gasteiger partial charge in [0.2, 0.25) is 5.95 Å². The molecule has 6 heteroatoms. The fourth-order valence-electron chi connectivity index (χ4n) is 3.37. The molecule has 0 atom stereocenters. The van der Waals surface area contributed by atoms with E-state index in [1.54, 1.807) is 0 Å². The average Bonchev–Trinajstić information content (AvgIpc) is 2.55. The van der Waals surface area contributed by atoms with E-state index in [4.69, 9.17) is 0 Å². The highest BCUT2D eigenvalue weighted by atomic mass is 15.4. The molecule has 0 saturated carbocycles. The minimum atomic E-state index is 0.669. The highest BCUT2D eigenvalue weighted by molar-refractivity contribution is 5.49. The molecule has 2 saturated heterocycles. The third-order valence-electron chi connectivity index (χ3n) is 4.77. The number of nitrogens with zero attached hydrogens (tertiary/aromatic N) is 6. The molecule has 120 valence electrons. The Labute approximate surface area is 136 Å². The lowest BCUT2D eigenvalue weighted by Crippen LogP contribution is -2.63. The number of piperazine rings is 1. The molecule has 0 aliphatic carbocycles. The Balaban J connectivity index is 1.29. The molecule has 2 aromatic rings. The van der Waals surface area contributed by atoms with Crippen LogP contribution in [-0.2, 0) is 0 Å². The minimum absolute atomic E-state index is 0.669. The van der Waals surface area contributed by atoms with E-state index >= 15 is 0 Å². The number of pyridine rings is 1. The summed E-state index contributed by atoms with van der Waals surface area (Å²) in [6.45, 7) is 8.48. The third-order valence-corrected chi connectivity index (χ3v) is 4.77. The molecular formula is C17H22N6. The lowest BCUT2D eigenvalue weighted by molar-refractivity contribution is 0.157. The monoisotopic (exact) mass is 310 g/mol. The Kier molecular flexibility index (Phi) is 3.83. The summed E-state index contributed by atoms with van der Waals surface area (Å²) in [5, 5.41) is 0. The van der Waals surface area contributed by atoms with Crippen molar-refractivity contribution in [3.8, 4) is 0 Å². The van der Waals surface area contributed by atoms with Crippen molar-refractivity contribution >= 4 is 11.6 Å². The predicted octanol–water partition coefficient (Wildman–Crippen LogP) is 1.19. The van der Waals surface area contributed by atoms with Crippen LogP contribution >= 0.6 is 0 Å². The summed E-state index contributed by atoms with van der Waals surface area (Å²) in [4.78, 5) is 20.3. The van der Waals surface area contributed by atoms with Crippen LogP contribution in [-0.4, -0.2) is 65.2 Å². The topological polar surface area (TPSA) is 48.4 Å². The van der Waals surface area contributed by atoms with Crippen molar-refractivity contribution in [2.75, 3.05) is 49.1 Å². The Hall–Kier alpha value is -2.21. The first kappa shape index (κ1) is 14.4. The Morgan fingerprint density at radius 1 is 0.913 bits per heavy atom. The second-order valence-corrected chi connectivity index (χ2v) is 6.29. The van der Waals surface area contributed by atoms with Crippen molar-refractivity contribution in [3.63, 3.8) is 0 Å². The average molecular weight is 310 g/mol. The molecule has 4 heterocycles. The van der Waals surface area contributed by atoms with Crippen LogP contribution in [0, 0.1) is 6.92 Å². The van der Waals surface area contributed by atoms with Crippen molar-refractivity contribution in [3.05, 3.63) is 42.5 Å². The van der Waals surface area contributed by atoms with Crippen LogP contribution in [0.25, 0.3) is 0 Å². The van der Waals surface area contributed by atoms with E-state index in [0.717, 1.165) is 50.9 Å². The third kappa shape index (κ3) is 2.99. The van der Waals surface area contributed by atoms with Crippen molar-refractivity contribution in [2.24, 2.45) is 0 Å². The predicted molar refractivity (Wildman–Crippen MR) is 90.8 cm³/mol. The Bertz CT molecular complexity index is 647. The number of rotatable bonds is 3. The summed E-state index contributed by atoms with van der Waals surface area (Å²) < 4.78 is 0. The summed E-state index contributed by atoms with van der Waals surface area (Å²) in [6, 6.07) is 6.81. The van der Waals surface area contributed by atoms with Crippen molar-refractivity contribution in [1.29, 1.82) is 0 Å². The van der Waals surface area contributed by atoms with Gasteiger partial charge in [-0.25, -0.2) is 9.97 Å². The van der Waals surface area contributed by atoms with Crippen molar-refractivity contribution < 1.29 is 0 Å². The highest BCUT2D eigenvalue weighted by Gasteiger charge is 2.33. The molecule has 2 aromatic heterocycles. The van der Waals surface area contributed by atoms with Gasteiger partial charge in [0.1, 0.15) is 0 Å². The van der Waals surface area contributed by atoms with Gasteiger partial charge in [-0.1, -0.05) is 0 Å². The van der Waals surface area contributed by atoms with Gasteiger partial charge in [0, 0.05) is 75.3 Å². The van der Waals surface area contributed by atoms with E-state index in [0.29, 0.717) is 6.04 Å². The summed E-state index contributed by atoms with van der Waals surface area (Å²) in [6.07, 6.45) is 5.53. The van der Waals surface area contributed by atoms with E-state index in [-0.39, 0.29) is 0 Å². The van der Waals surface area contributed by atoms with Crippen LogP contribution in [0.4, 0.5) is 11.6 Å². The Morgan fingerprint density at radius 2 is 1.65 bits per heavy atom. The van der Waals surface area contributed by atoms with Gasteiger partial charge in [-0.05, 0) is 25.1 Å². The molecule has 4 rings (SSSR count). The molecule has 2 aliphatic heterocycles. The summed E-state index contributed by atoms with van der Waals surface area (Å²) >= 11 is 0. The van der Waals surface area contributed by atoms with Gasteiger partial charge in [-0.2, -0.15) is 0 Å². The second-order valence-electron chi connectivity index (χ2n) is 6.29. The zero-order chi connectivity index (χ0) is 15.6. The van der Waals surface area contributed by atoms with Gasteiger partial charge in [0.15, 0.2) is 0 Å². The molecule has 6 nitrogen and oxygen atoms in total. The SMILES string of the molecule is Cc1cc(N2CC(N3CCN(c4ncccn4)CC3)C2)ccn1. The van der Waals surface area contributed by atoms with Crippen LogP contribution in [0.15, 0.2) is 36.8 Å². The van der Waals surface area contributed by atoms with Crippen LogP contribution in [0.3, 0.4) is 0 Å². The van der Waals surface area contributed by atoms with Gasteiger partial charge in [0.25, 0.3) is 0 Å². The van der Waals surface area contributed by atoms with Crippen LogP contribution in [0.5, 0.6) is 0 Å². The number of aryl methyl sites for hydroxylation is 1. The summed E-state index contributed by atoms with van der Waals surface area (Å²) in [7, 11) is 0. The molecule has 23 heavy (non-hydrogen) atoms. The van der Waals surface area contributed by atoms with Gasteiger partial charge < -0.3 is 9.80 Å². The van der Waals surface area contributed by atoms with E-state index in [2.05, 4.69) is 41.8 Å². The van der Waals surface area contributed by atoms with E-state index < -0.39 is 0 Å². The van der Waals surface area contributed by atoms with Gasteiger partial charge in [-0.15, -0.1) is 0 Å². The molecule has 2 aliphatic rings. The largest absolute Gasteiger partial charge is 0.368 e. The Morgan fingerprint density at radius 3 is 2.35 bits per heavy atom. The van der Waals surface area contributed by atoms with Crippen molar-refractivity contribution in [1.82, 2.24) is 19.9 Å². The molecule has 0 aromatic carbocycles. The zero-order valence-corrected chi connectivity index (χ0v) is 13.5. The standard InChI is InChI=1S/C17H22N6/c1-14-11-15(3-6-18-14)23-12-16(13-23)21-7-9-22(10-8-21)17-19-4-2-5-20-17/h2-6,11,16H,7-10,12-13H2,1H3. The molecular weight excluding hydrogens is 288 g/mol.